The van der Waals surface area contributed by atoms with Gasteiger partial charge < -0.3 is 15.6 Å². The van der Waals surface area contributed by atoms with E-state index in [0.717, 1.165) is 0 Å². The summed E-state index contributed by atoms with van der Waals surface area (Å²) < 4.78 is 4.84. The Labute approximate surface area is 123 Å². The van der Waals surface area contributed by atoms with Gasteiger partial charge >= 0.3 is 11.9 Å². The van der Waals surface area contributed by atoms with Crippen molar-refractivity contribution in [3.63, 3.8) is 0 Å². The van der Waals surface area contributed by atoms with Crippen molar-refractivity contribution in [2.75, 3.05) is 18.6 Å². The molecule has 110 valence electrons. The number of carbonyl (C=O) groups excluding carboxylic acids is 2. The number of amides is 1. The number of nitrogens with two attached hydrogens (primary N) is 1. The van der Waals surface area contributed by atoms with Crippen molar-refractivity contribution in [1.29, 1.82) is 0 Å². The topological polar surface area (TPSA) is 110 Å². The van der Waals surface area contributed by atoms with Gasteiger partial charge in [0.1, 0.15) is 17.7 Å². The third kappa shape index (κ3) is 2.19. The van der Waals surface area contributed by atoms with E-state index >= 15 is 0 Å². The fourth-order valence-electron chi connectivity index (χ4n) is 2.10. The average Bonchev–Trinajstić information content (AvgIpc) is 2.42. The van der Waals surface area contributed by atoms with E-state index in [9.17, 15) is 19.5 Å². The Morgan fingerprint density at radius 2 is 2.30 bits per heavy atom. The Morgan fingerprint density at radius 3 is 2.80 bits per heavy atom. The van der Waals surface area contributed by atoms with Crippen molar-refractivity contribution in [1.82, 2.24) is 4.90 Å². The molecule has 9 heteroatoms. The molecule has 3 N–H and O–H groups in total. The predicted molar refractivity (Wildman–Crippen MR) is 74.8 cm³/mol. The van der Waals surface area contributed by atoms with Gasteiger partial charge in [-0.2, -0.15) is 0 Å². The third-order valence-corrected chi connectivity index (χ3v) is 5.77. The summed E-state index contributed by atoms with van der Waals surface area (Å²) in [5, 5.41) is 8.90. The second-order valence-electron chi connectivity index (χ2n) is 4.37. The van der Waals surface area contributed by atoms with Crippen LogP contribution >= 0.6 is 23.5 Å². The van der Waals surface area contributed by atoms with Crippen molar-refractivity contribution in [3.05, 3.63) is 11.3 Å². The number of carbonyl (C=O) groups is 3. The normalized spacial score (nSPS) is 28.9. The molecule has 0 saturated carbocycles. The van der Waals surface area contributed by atoms with Crippen molar-refractivity contribution < 1.29 is 24.2 Å². The minimum atomic E-state index is -1.21. The lowest BCUT2D eigenvalue weighted by atomic mass is 10.0. The smallest absolute Gasteiger partial charge is 0.352 e. The minimum Gasteiger partial charge on any atom is -0.477 e. The van der Waals surface area contributed by atoms with Crippen LogP contribution in [0.25, 0.3) is 0 Å². The molecular formula is C11H14N2O5S2. The highest BCUT2D eigenvalue weighted by Crippen LogP contribution is 2.48. The van der Waals surface area contributed by atoms with Crippen LogP contribution in [-0.2, 0) is 19.1 Å². The molecule has 0 aromatic rings. The number of fused-ring (bicyclic) bond motifs is 1. The second-order valence-corrected chi connectivity index (χ2v) is 6.53. The highest BCUT2D eigenvalue weighted by Gasteiger charge is 2.62. The Bertz CT molecular complexity index is 521. The van der Waals surface area contributed by atoms with Gasteiger partial charge in [-0.3, -0.25) is 14.5 Å². The number of nitrogens with zero attached hydrogens (tertiary/aromatic N) is 1. The summed E-state index contributed by atoms with van der Waals surface area (Å²) >= 11 is 2.58. The average molecular weight is 318 g/mol. The van der Waals surface area contributed by atoms with Crippen molar-refractivity contribution in [2.45, 2.75) is 17.2 Å². The zero-order chi connectivity index (χ0) is 15.1. The first kappa shape index (κ1) is 15.2. The number of hydrogen-bond acceptors (Lipinski definition) is 7. The molecule has 20 heavy (non-hydrogen) atoms. The number of carboxylic acid groups (broad SMARTS) is 1. The number of hydrogen-bond donors (Lipinski definition) is 2. The minimum absolute atomic E-state index is 0.116. The second kappa shape index (κ2) is 5.30. The van der Waals surface area contributed by atoms with E-state index in [4.69, 9.17) is 10.5 Å². The van der Waals surface area contributed by atoms with Crippen LogP contribution in [0.15, 0.2) is 11.3 Å². The van der Waals surface area contributed by atoms with Crippen LogP contribution in [-0.4, -0.2) is 56.7 Å². The molecule has 0 aliphatic carbocycles. The van der Waals surface area contributed by atoms with Crippen molar-refractivity contribution >= 4 is 41.4 Å². The molecule has 0 aromatic carbocycles. The first-order chi connectivity index (χ1) is 9.32. The molecule has 0 radical (unpaired) electrons. The van der Waals surface area contributed by atoms with E-state index in [0.29, 0.717) is 11.3 Å². The summed E-state index contributed by atoms with van der Waals surface area (Å²) in [6, 6.07) is 0. The number of thioether (sulfide) groups is 2. The first-order valence-electron chi connectivity index (χ1n) is 5.71. The van der Waals surface area contributed by atoms with Gasteiger partial charge in [-0.15, -0.1) is 23.5 Å². The Hall–Kier alpha value is -1.19. The maximum Gasteiger partial charge on any atom is 0.352 e. The van der Waals surface area contributed by atoms with E-state index < -0.39 is 28.1 Å². The largest absolute Gasteiger partial charge is 0.477 e. The van der Waals surface area contributed by atoms with Crippen LogP contribution in [0.4, 0.5) is 0 Å². The number of carboxylic acids is 1. The number of β-lactam (4-membered cyclic amide) rings is 1. The fourth-order valence-corrected chi connectivity index (χ4v) is 4.45. The van der Waals surface area contributed by atoms with Gasteiger partial charge in [0.25, 0.3) is 5.91 Å². The lowest BCUT2D eigenvalue weighted by molar-refractivity contribution is -0.149. The van der Waals surface area contributed by atoms with Gasteiger partial charge in [-0.05, 0) is 6.26 Å². The molecule has 1 fully saturated rings. The van der Waals surface area contributed by atoms with Crippen molar-refractivity contribution in [3.8, 4) is 0 Å². The van der Waals surface area contributed by atoms with E-state index in [2.05, 4.69) is 0 Å². The lowest BCUT2D eigenvalue weighted by Gasteiger charge is -2.54. The molecule has 2 aliphatic rings. The molecule has 2 aliphatic heterocycles. The van der Waals surface area contributed by atoms with Crippen LogP contribution in [0.2, 0.25) is 0 Å². The zero-order valence-corrected chi connectivity index (χ0v) is 12.5. The molecule has 1 unspecified atom stereocenters. The van der Waals surface area contributed by atoms with Crippen molar-refractivity contribution in [2.24, 2.45) is 5.73 Å². The molecule has 2 atom stereocenters. The summed E-state index contributed by atoms with van der Waals surface area (Å²) in [5.74, 6) is -1.78. The van der Waals surface area contributed by atoms with Gasteiger partial charge in [0.15, 0.2) is 4.87 Å². The maximum atomic E-state index is 12.1. The van der Waals surface area contributed by atoms with Gasteiger partial charge in [0.05, 0.1) is 0 Å². The molecule has 2 heterocycles. The Balaban J connectivity index is 2.31. The van der Waals surface area contributed by atoms with Crippen LogP contribution in [0, 0.1) is 0 Å². The summed E-state index contributed by atoms with van der Waals surface area (Å²) in [6.45, 7) is 1.12. The fraction of sp³-hybridized carbons (Fsp3) is 0.545. The van der Waals surface area contributed by atoms with E-state index in [1.54, 1.807) is 6.26 Å². The van der Waals surface area contributed by atoms with Gasteiger partial charge in [-0.25, -0.2) is 4.79 Å². The third-order valence-electron chi connectivity index (χ3n) is 3.14. The maximum absolute atomic E-state index is 12.1. The quantitative estimate of drug-likeness (QED) is 0.417. The molecule has 2 rings (SSSR count). The Morgan fingerprint density at radius 1 is 1.65 bits per heavy atom. The number of ether oxygens (including phenoxy) is 1. The molecule has 1 amide bonds. The Kier molecular flexibility index (Phi) is 4.03. The van der Waals surface area contributed by atoms with Crippen LogP contribution in [0.3, 0.4) is 0 Å². The number of esters is 1. The standard InChI is InChI=1S/C11H14N2O5S2/c1-5(14)18-3-6-4-20-10-11(12,19-2)9(17)13(10)7(6)8(15)16/h10H,3-4,12H2,1-2H3,(H,15,16)/t10-,11?/m0/s1. The molecule has 0 spiro atoms. The van der Waals surface area contributed by atoms with Crippen LogP contribution in [0.1, 0.15) is 6.92 Å². The monoisotopic (exact) mass is 318 g/mol. The highest BCUT2D eigenvalue weighted by atomic mass is 32.2. The zero-order valence-electron chi connectivity index (χ0n) is 10.9. The molecular weight excluding hydrogens is 304 g/mol. The number of rotatable bonds is 4. The summed E-state index contributed by atoms with van der Waals surface area (Å²) in [6.07, 6.45) is 1.72. The lowest BCUT2D eigenvalue weighted by Crippen LogP contribution is -2.76. The molecule has 7 nitrogen and oxygen atoms in total. The molecule has 0 aromatic heterocycles. The van der Waals surface area contributed by atoms with E-state index in [-0.39, 0.29) is 12.3 Å². The SMILES string of the molecule is CSC1(N)C(=O)N2C(C(=O)O)=C(COC(C)=O)CS[C@H]21. The summed E-state index contributed by atoms with van der Waals surface area (Å²) in [7, 11) is 0. The molecule has 0 bridgehead atoms. The summed E-state index contributed by atoms with van der Waals surface area (Å²) in [4.78, 5) is 34.4. The first-order valence-corrected chi connectivity index (χ1v) is 7.98. The molecule has 1 saturated heterocycles. The van der Waals surface area contributed by atoms with E-state index in [1.165, 1.54) is 35.3 Å². The highest BCUT2D eigenvalue weighted by molar-refractivity contribution is 8.04. The van der Waals surface area contributed by atoms with Crippen LogP contribution in [0.5, 0.6) is 0 Å². The van der Waals surface area contributed by atoms with E-state index in [1.807, 2.05) is 0 Å². The summed E-state index contributed by atoms with van der Waals surface area (Å²) in [5.41, 5.74) is 6.27. The van der Waals surface area contributed by atoms with Crippen LogP contribution < -0.4 is 5.73 Å². The van der Waals surface area contributed by atoms with Gasteiger partial charge in [-0.1, -0.05) is 0 Å². The predicted octanol–water partition coefficient (Wildman–Crippen LogP) is -0.179. The van der Waals surface area contributed by atoms with Gasteiger partial charge in [0, 0.05) is 18.2 Å². The van der Waals surface area contributed by atoms with Gasteiger partial charge in [0.2, 0.25) is 0 Å². The number of aliphatic carboxylic acids is 1.